The first-order valence-electron chi connectivity index (χ1n) is 9.04. The predicted octanol–water partition coefficient (Wildman–Crippen LogP) is 1.12. The van der Waals surface area contributed by atoms with Crippen molar-refractivity contribution in [3.8, 4) is 0 Å². The first kappa shape index (κ1) is 21.8. The Balaban J connectivity index is 2.23. The number of sulfonamides is 1. The molecule has 2 rings (SSSR count). The fraction of sp³-hybridized carbons (Fsp3) is 0.500. The highest BCUT2D eigenvalue weighted by Crippen LogP contribution is 2.21. The van der Waals surface area contributed by atoms with Crippen LogP contribution < -0.4 is 5.32 Å². The lowest BCUT2D eigenvalue weighted by atomic mass is 10.1. The molecule has 154 valence electrons. The molecular weight excluding hydrogens is 386 g/mol. The van der Waals surface area contributed by atoms with Gasteiger partial charge < -0.3 is 10.1 Å². The van der Waals surface area contributed by atoms with E-state index in [4.69, 9.17) is 4.74 Å². The summed E-state index contributed by atoms with van der Waals surface area (Å²) in [6.45, 7) is 7.62. The maximum absolute atomic E-state index is 12.7. The molecule has 1 aromatic rings. The average molecular weight is 411 g/mol. The lowest BCUT2D eigenvalue weighted by molar-refractivity contribution is -0.136. The van der Waals surface area contributed by atoms with Crippen molar-refractivity contribution in [2.45, 2.75) is 38.7 Å². The van der Waals surface area contributed by atoms with E-state index in [1.54, 1.807) is 20.8 Å². The van der Waals surface area contributed by atoms with Gasteiger partial charge in [0.05, 0.1) is 10.5 Å². The van der Waals surface area contributed by atoms with Gasteiger partial charge in [-0.15, -0.1) is 0 Å². The van der Waals surface area contributed by atoms with E-state index in [0.29, 0.717) is 25.2 Å². The Labute approximate surface area is 164 Å². The van der Waals surface area contributed by atoms with Crippen LogP contribution in [0.2, 0.25) is 0 Å². The van der Waals surface area contributed by atoms with Crippen LogP contribution in [-0.4, -0.2) is 67.8 Å². The minimum Gasteiger partial charge on any atom is -0.449 e. The summed E-state index contributed by atoms with van der Waals surface area (Å²) in [6, 6.07) is 3.68. The van der Waals surface area contributed by atoms with E-state index in [9.17, 15) is 22.8 Å². The maximum Gasteiger partial charge on any atom is 0.339 e. The summed E-state index contributed by atoms with van der Waals surface area (Å²) >= 11 is 0. The third-order valence-corrected chi connectivity index (χ3v) is 6.57. The Morgan fingerprint density at radius 1 is 1.29 bits per heavy atom. The smallest absolute Gasteiger partial charge is 0.339 e. The molecule has 0 radical (unpaired) electrons. The molecule has 9 nitrogen and oxygen atoms in total. The molecule has 1 aromatic carbocycles. The van der Waals surface area contributed by atoms with Crippen molar-refractivity contribution in [1.82, 2.24) is 14.5 Å². The van der Waals surface area contributed by atoms with Crippen LogP contribution in [-0.2, 0) is 19.6 Å². The Morgan fingerprint density at radius 3 is 2.46 bits per heavy atom. The van der Waals surface area contributed by atoms with Crippen LogP contribution in [0.25, 0.3) is 0 Å². The molecule has 10 heteroatoms. The molecular formula is C18H25N3O6S. The highest BCUT2D eigenvalue weighted by atomic mass is 32.2. The zero-order valence-electron chi connectivity index (χ0n) is 16.4. The van der Waals surface area contributed by atoms with Crippen LogP contribution in [0.4, 0.5) is 4.79 Å². The quantitative estimate of drug-likeness (QED) is 0.673. The number of rotatable bonds is 7. The molecule has 0 saturated carbocycles. The molecule has 1 aliphatic heterocycles. The number of ether oxygens (including phenoxy) is 1. The monoisotopic (exact) mass is 411 g/mol. The second-order valence-corrected chi connectivity index (χ2v) is 8.27. The molecule has 1 saturated heterocycles. The molecule has 3 amide bonds. The van der Waals surface area contributed by atoms with Gasteiger partial charge in [0.2, 0.25) is 10.0 Å². The van der Waals surface area contributed by atoms with Crippen molar-refractivity contribution in [2.24, 2.45) is 0 Å². The molecule has 1 atom stereocenters. The topological polar surface area (TPSA) is 113 Å². The van der Waals surface area contributed by atoms with Gasteiger partial charge in [0.25, 0.3) is 5.91 Å². The van der Waals surface area contributed by atoms with Crippen molar-refractivity contribution in [2.75, 3.05) is 26.2 Å². The number of carbonyl (C=O) groups excluding carboxylic acids is 3. The van der Waals surface area contributed by atoms with Crippen LogP contribution in [0.15, 0.2) is 23.1 Å². The third-order valence-electron chi connectivity index (χ3n) is 4.53. The van der Waals surface area contributed by atoms with Gasteiger partial charge in [0, 0.05) is 26.2 Å². The fourth-order valence-corrected chi connectivity index (χ4v) is 4.35. The fourth-order valence-electron chi connectivity index (χ4n) is 2.87. The summed E-state index contributed by atoms with van der Waals surface area (Å²) in [4.78, 5) is 37.4. The second-order valence-electron chi connectivity index (χ2n) is 6.34. The van der Waals surface area contributed by atoms with Crippen LogP contribution in [0.1, 0.15) is 36.7 Å². The average Bonchev–Trinajstić information content (AvgIpc) is 3.07. The summed E-state index contributed by atoms with van der Waals surface area (Å²) in [5.74, 6) is -1.46. The highest BCUT2D eigenvalue weighted by Gasteiger charge is 2.32. The van der Waals surface area contributed by atoms with Gasteiger partial charge in [0.1, 0.15) is 0 Å². The van der Waals surface area contributed by atoms with Crippen molar-refractivity contribution in [1.29, 1.82) is 0 Å². The minimum absolute atomic E-state index is 0.0216. The van der Waals surface area contributed by atoms with Gasteiger partial charge in [0.15, 0.2) is 6.10 Å². The van der Waals surface area contributed by atoms with Gasteiger partial charge >= 0.3 is 12.0 Å². The Hall–Kier alpha value is -2.46. The third kappa shape index (κ3) is 4.33. The number of hydrogen-bond acceptors (Lipinski definition) is 6. The van der Waals surface area contributed by atoms with Gasteiger partial charge in [-0.2, -0.15) is 4.31 Å². The van der Waals surface area contributed by atoms with Gasteiger partial charge in [-0.05, 0) is 31.5 Å². The molecule has 1 aliphatic rings. The van der Waals surface area contributed by atoms with Crippen LogP contribution in [0.5, 0.6) is 0 Å². The molecule has 0 bridgehead atoms. The summed E-state index contributed by atoms with van der Waals surface area (Å²) in [7, 11) is -3.74. The van der Waals surface area contributed by atoms with Gasteiger partial charge in [-0.25, -0.2) is 18.0 Å². The van der Waals surface area contributed by atoms with E-state index in [1.165, 1.54) is 29.4 Å². The Morgan fingerprint density at radius 2 is 1.93 bits per heavy atom. The number of benzene rings is 1. The molecule has 1 N–H and O–H groups in total. The number of hydrogen-bond donors (Lipinski definition) is 1. The van der Waals surface area contributed by atoms with Crippen LogP contribution >= 0.6 is 0 Å². The first-order chi connectivity index (χ1) is 13.1. The van der Waals surface area contributed by atoms with E-state index in [2.05, 4.69) is 5.32 Å². The normalized spacial score (nSPS) is 15.5. The number of amides is 3. The SMILES string of the molecule is CCN(CC)S(=O)(=O)c1ccc(C)c(C(=O)O[C@@H](C)C(=O)N2CCNC2=O)c1. The van der Waals surface area contributed by atoms with Crippen molar-refractivity contribution >= 4 is 27.9 Å². The van der Waals surface area contributed by atoms with Gasteiger partial charge in [-0.3, -0.25) is 9.69 Å². The highest BCUT2D eigenvalue weighted by molar-refractivity contribution is 7.89. The molecule has 0 aromatic heterocycles. The first-order valence-corrected chi connectivity index (χ1v) is 10.5. The zero-order chi connectivity index (χ0) is 21.1. The number of nitrogens with one attached hydrogen (secondary N) is 1. The molecule has 28 heavy (non-hydrogen) atoms. The van der Waals surface area contributed by atoms with E-state index >= 15 is 0 Å². The van der Waals surface area contributed by atoms with E-state index in [-0.39, 0.29) is 17.0 Å². The zero-order valence-corrected chi connectivity index (χ0v) is 17.2. The number of imide groups is 1. The lowest BCUT2D eigenvalue weighted by Crippen LogP contribution is -2.41. The van der Waals surface area contributed by atoms with E-state index < -0.39 is 34.0 Å². The standard InChI is InChI=1S/C18H25N3O6S/c1-5-20(6-2)28(25,26)14-8-7-12(3)15(11-14)17(23)27-13(4)16(22)21-10-9-19-18(21)24/h7-8,11,13H,5-6,9-10H2,1-4H3,(H,19,24)/t13-/m0/s1. The Kier molecular flexibility index (Phi) is 6.78. The molecule has 1 fully saturated rings. The lowest BCUT2D eigenvalue weighted by Gasteiger charge is -2.20. The summed E-state index contributed by atoms with van der Waals surface area (Å²) in [5.41, 5.74) is 0.570. The molecule has 0 aliphatic carbocycles. The number of aryl methyl sites for hydroxylation is 1. The Bertz CT molecular complexity index is 879. The van der Waals surface area contributed by atoms with E-state index in [0.717, 1.165) is 4.90 Å². The van der Waals surface area contributed by atoms with E-state index in [1.807, 2.05) is 0 Å². The molecule has 0 spiro atoms. The number of carbonyl (C=O) groups is 3. The second kappa shape index (κ2) is 8.70. The van der Waals surface area contributed by atoms with Crippen LogP contribution in [0.3, 0.4) is 0 Å². The number of esters is 1. The van der Waals surface area contributed by atoms with Crippen LogP contribution in [0, 0.1) is 6.92 Å². The van der Waals surface area contributed by atoms with Crippen molar-refractivity contribution in [3.63, 3.8) is 0 Å². The summed E-state index contributed by atoms with van der Waals surface area (Å²) in [6.07, 6.45) is -1.18. The number of nitrogens with zero attached hydrogens (tertiary/aromatic N) is 2. The maximum atomic E-state index is 12.7. The summed E-state index contributed by atoms with van der Waals surface area (Å²) < 4.78 is 31.9. The summed E-state index contributed by atoms with van der Waals surface area (Å²) in [5, 5.41) is 2.50. The van der Waals surface area contributed by atoms with Crippen molar-refractivity contribution in [3.05, 3.63) is 29.3 Å². The van der Waals surface area contributed by atoms with Crippen molar-refractivity contribution < 1.29 is 27.5 Å². The molecule has 0 unspecified atom stereocenters. The largest absolute Gasteiger partial charge is 0.449 e. The minimum atomic E-state index is -3.74. The number of urea groups is 1. The predicted molar refractivity (Wildman–Crippen MR) is 101 cm³/mol. The van der Waals surface area contributed by atoms with Gasteiger partial charge in [-0.1, -0.05) is 19.9 Å². The molecule has 1 heterocycles.